The number of hydrogen-bond acceptors (Lipinski definition) is 2. The Balaban J connectivity index is 1.51. The molecular weight excluding hydrogens is 243 g/mol. The predicted molar refractivity (Wildman–Crippen MR) is 60.2 cm³/mol. The highest BCUT2D eigenvalue weighted by atomic mass is 19.4. The van der Waals surface area contributed by atoms with E-state index in [-0.39, 0.29) is 0 Å². The molecule has 0 amide bonds. The monoisotopic (exact) mass is 259 g/mol. The average molecular weight is 259 g/mol. The summed E-state index contributed by atoms with van der Waals surface area (Å²) >= 11 is 0. The highest BCUT2D eigenvalue weighted by Gasteiger charge is 2.41. The van der Waals surface area contributed by atoms with Gasteiger partial charge < -0.3 is 5.32 Å². The third-order valence-electron chi connectivity index (χ3n) is 3.54. The third kappa shape index (κ3) is 3.04. The van der Waals surface area contributed by atoms with Gasteiger partial charge in [0.15, 0.2) is 0 Å². The number of nitrogens with one attached hydrogen (secondary N) is 1. The van der Waals surface area contributed by atoms with Gasteiger partial charge >= 0.3 is 6.18 Å². The quantitative estimate of drug-likeness (QED) is 0.879. The first-order valence-corrected chi connectivity index (χ1v) is 6.35. The Morgan fingerprint density at radius 1 is 1.39 bits per heavy atom. The van der Waals surface area contributed by atoms with Crippen LogP contribution in [0.15, 0.2) is 12.3 Å². The maximum absolute atomic E-state index is 12.2. The zero-order valence-corrected chi connectivity index (χ0v) is 9.95. The SMILES string of the molecule is FC(F)(F)Cn1ccc(C2CC2NCC2CC2)n1. The molecule has 18 heavy (non-hydrogen) atoms. The minimum absolute atomic E-state index is 0.304. The summed E-state index contributed by atoms with van der Waals surface area (Å²) in [7, 11) is 0. The molecule has 1 heterocycles. The van der Waals surface area contributed by atoms with Crippen molar-refractivity contribution in [3.8, 4) is 0 Å². The Morgan fingerprint density at radius 2 is 2.17 bits per heavy atom. The largest absolute Gasteiger partial charge is 0.408 e. The minimum Gasteiger partial charge on any atom is -0.313 e. The molecule has 2 atom stereocenters. The summed E-state index contributed by atoms with van der Waals surface area (Å²) in [6, 6.07) is 2.12. The number of alkyl halides is 3. The van der Waals surface area contributed by atoms with Gasteiger partial charge in [-0.15, -0.1) is 0 Å². The van der Waals surface area contributed by atoms with Crippen molar-refractivity contribution in [2.75, 3.05) is 6.54 Å². The molecule has 2 fully saturated rings. The molecule has 100 valence electrons. The normalized spacial score (nSPS) is 27.5. The highest BCUT2D eigenvalue weighted by Crippen LogP contribution is 2.40. The summed E-state index contributed by atoms with van der Waals surface area (Å²) < 4.78 is 37.5. The van der Waals surface area contributed by atoms with E-state index in [0.29, 0.717) is 12.0 Å². The van der Waals surface area contributed by atoms with Gasteiger partial charge in [-0.05, 0) is 37.8 Å². The maximum Gasteiger partial charge on any atom is 0.408 e. The maximum atomic E-state index is 12.2. The highest BCUT2D eigenvalue weighted by molar-refractivity contribution is 5.19. The van der Waals surface area contributed by atoms with Gasteiger partial charge in [-0.25, -0.2) is 0 Å². The van der Waals surface area contributed by atoms with Crippen LogP contribution in [0, 0.1) is 5.92 Å². The summed E-state index contributed by atoms with van der Waals surface area (Å²) in [6.45, 7) is 0.0459. The Morgan fingerprint density at radius 3 is 2.83 bits per heavy atom. The summed E-state index contributed by atoms with van der Waals surface area (Å²) in [5, 5.41) is 7.46. The molecule has 2 aliphatic carbocycles. The lowest BCUT2D eigenvalue weighted by molar-refractivity contribution is -0.142. The summed E-state index contributed by atoms with van der Waals surface area (Å²) in [4.78, 5) is 0. The van der Waals surface area contributed by atoms with Crippen molar-refractivity contribution in [1.82, 2.24) is 15.1 Å². The van der Waals surface area contributed by atoms with E-state index in [1.165, 1.54) is 19.0 Å². The van der Waals surface area contributed by atoms with E-state index < -0.39 is 12.7 Å². The Labute approximate surface area is 103 Å². The van der Waals surface area contributed by atoms with Gasteiger partial charge in [0.05, 0.1) is 5.69 Å². The molecule has 0 radical (unpaired) electrons. The van der Waals surface area contributed by atoms with Gasteiger partial charge in [0.2, 0.25) is 0 Å². The van der Waals surface area contributed by atoms with Crippen LogP contribution in [0.4, 0.5) is 13.2 Å². The zero-order valence-electron chi connectivity index (χ0n) is 9.95. The van der Waals surface area contributed by atoms with Crippen LogP contribution in [0.5, 0.6) is 0 Å². The summed E-state index contributed by atoms with van der Waals surface area (Å²) in [5.74, 6) is 1.13. The van der Waals surface area contributed by atoms with Crippen LogP contribution in [-0.2, 0) is 6.54 Å². The lowest BCUT2D eigenvalue weighted by Gasteiger charge is -2.05. The Bertz CT molecular complexity index is 422. The van der Waals surface area contributed by atoms with Crippen LogP contribution in [0.1, 0.15) is 30.9 Å². The lowest BCUT2D eigenvalue weighted by Crippen LogP contribution is -2.21. The number of aromatic nitrogens is 2. The lowest BCUT2D eigenvalue weighted by atomic mass is 10.3. The van der Waals surface area contributed by atoms with E-state index in [1.54, 1.807) is 6.07 Å². The van der Waals surface area contributed by atoms with Gasteiger partial charge in [0, 0.05) is 18.2 Å². The molecule has 1 N–H and O–H groups in total. The first kappa shape index (κ1) is 12.0. The van der Waals surface area contributed by atoms with Crippen molar-refractivity contribution in [2.24, 2.45) is 5.92 Å². The van der Waals surface area contributed by atoms with Gasteiger partial charge in [0.25, 0.3) is 0 Å². The van der Waals surface area contributed by atoms with Gasteiger partial charge in [-0.2, -0.15) is 18.3 Å². The van der Waals surface area contributed by atoms with E-state index in [9.17, 15) is 13.2 Å². The molecule has 6 heteroatoms. The van der Waals surface area contributed by atoms with Gasteiger partial charge in [0.1, 0.15) is 6.54 Å². The molecule has 2 aliphatic rings. The summed E-state index contributed by atoms with van der Waals surface area (Å²) in [6.07, 6.45) is 0.834. The molecule has 0 spiro atoms. The van der Waals surface area contributed by atoms with Crippen molar-refractivity contribution in [3.05, 3.63) is 18.0 Å². The second kappa shape index (κ2) is 4.26. The second-order valence-corrected chi connectivity index (χ2v) is 5.35. The van der Waals surface area contributed by atoms with Crippen LogP contribution in [0.2, 0.25) is 0 Å². The van der Waals surface area contributed by atoms with E-state index in [1.807, 2.05) is 0 Å². The van der Waals surface area contributed by atoms with Gasteiger partial charge in [-0.3, -0.25) is 4.68 Å². The molecule has 3 nitrogen and oxygen atoms in total. The molecule has 2 unspecified atom stereocenters. The predicted octanol–water partition coefficient (Wildman–Crippen LogP) is 2.30. The fraction of sp³-hybridized carbons (Fsp3) is 0.750. The fourth-order valence-electron chi connectivity index (χ4n) is 2.23. The first-order chi connectivity index (χ1) is 8.51. The number of hydrogen-bond donors (Lipinski definition) is 1. The Hall–Kier alpha value is -1.04. The number of rotatable bonds is 5. The molecule has 0 aliphatic heterocycles. The second-order valence-electron chi connectivity index (χ2n) is 5.35. The van der Waals surface area contributed by atoms with Crippen LogP contribution < -0.4 is 5.32 Å². The van der Waals surface area contributed by atoms with Crippen molar-refractivity contribution in [3.63, 3.8) is 0 Å². The van der Waals surface area contributed by atoms with Crippen LogP contribution in [0.25, 0.3) is 0 Å². The van der Waals surface area contributed by atoms with Crippen molar-refractivity contribution < 1.29 is 13.2 Å². The van der Waals surface area contributed by atoms with E-state index >= 15 is 0 Å². The van der Waals surface area contributed by atoms with Crippen molar-refractivity contribution in [1.29, 1.82) is 0 Å². The number of nitrogens with zero attached hydrogens (tertiary/aromatic N) is 2. The summed E-state index contributed by atoms with van der Waals surface area (Å²) in [5.41, 5.74) is 0.785. The molecule has 0 saturated heterocycles. The first-order valence-electron chi connectivity index (χ1n) is 6.35. The third-order valence-corrected chi connectivity index (χ3v) is 3.54. The Kier molecular flexibility index (Phi) is 2.84. The van der Waals surface area contributed by atoms with E-state index in [2.05, 4.69) is 10.4 Å². The number of halogens is 3. The van der Waals surface area contributed by atoms with Crippen molar-refractivity contribution in [2.45, 2.75) is 43.9 Å². The fourth-order valence-corrected chi connectivity index (χ4v) is 2.23. The topological polar surface area (TPSA) is 29.9 Å². The zero-order chi connectivity index (χ0) is 12.8. The minimum atomic E-state index is -4.20. The molecule has 1 aromatic rings. The molecular formula is C12H16F3N3. The molecule has 0 bridgehead atoms. The van der Waals surface area contributed by atoms with E-state index in [4.69, 9.17) is 0 Å². The van der Waals surface area contributed by atoms with Crippen LogP contribution in [0.3, 0.4) is 0 Å². The smallest absolute Gasteiger partial charge is 0.313 e. The average Bonchev–Trinajstić information content (AvgIpc) is 3.16. The van der Waals surface area contributed by atoms with E-state index in [0.717, 1.165) is 29.3 Å². The van der Waals surface area contributed by atoms with Gasteiger partial charge in [-0.1, -0.05) is 0 Å². The molecule has 1 aromatic heterocycles. The van der Waals surface area contributed by atoms with Crippen LogP contribution in [-0.4, -0.2) is 28.5 Å². The molecule has 2 saturated carbocycles. The van der Waals surface area contributed by atoms with Crippen LogP contribution >= 0.6 is 0 Å². The molecule has 0 aromatic carbocycles. The molecule has 3 rings (SSSR count). The standard InChI is InChI=1S/C12H16F3N3/c13-12(14,15)7-18-4-3-10(17-18)9-5-11(9)16-6-8-1-2-8/h3-4,8-9,11,16H,1-2,5-7H2. The van der Waals surface area contributed by atoms with Crippen molar-refractivity contribution >= 4 is 0 Å².